The van der Waals surface area contributed by atoms with E-state index < -0.39 is 0 Å². The summed E-state index contributed by atoms with van der Waals surface area (Å²) < 4.78 is 18.1. The van der Waals surface area contributed by atoms with E-state index in [1.807, 2.05) is 19.1 Å². The molecule has 1 N–H and O–H groups in total. The van der Waals surface area contributed by atoms with Gasteiger partial charge in [0, 0.05) is 26.1 Å². The summed E-state index contributed by atoms with van der Waals surface area (Å²) in [6.07, 6.45) is 3.24. The summed E-state index contributed by atoms with van der Waals surface area (Å²) in [4.78, 5) is 13.7. The standard InChI is InChI=1S/C17H21FN2O2/c1-13(5-10-16-4-3-11-22-16)19-17(21)20(2)12-14-6-8-15(18)9-7-14/h3-4,6-9,11,13H,5,10,12H2,1-2H3,(H,19,21). The minimum absolute atomic E-state index is 0.0493. The molecule has 1 heterocycles. The third-order valence-corrected chi connectivity index (χ3v) is 3.45. The van der Waals surface area contributed by atoms with Gasteiger partial charge in [-0.2, -0.15) is 0 Å². The number of halogens is 1. The Kier molecular flexibility index (Phi) is 5.58. The van der Waals surface area contributed by atoms with Crippen LogP contribution in [0.15, 0.2) is 47.1 Å². The number of urea groups is 1. The largest absolute Gasteiger partial charge is 0.469 e. The molecule has 0 aliphatic heterocycles. The van der Waals surface area contributed by atoms with Crippen molar-refractivity contribution in [3.8, 4) is 0 Å². The third-order valence-electron chi connectivity index (χ3n) is 3.45. The number of hydrogen-bond acceptors (Lipinski definition) is 2. The van der Waals surface area contributed by atoms with Crippen LogP contribution in [0.3, 0.4) is 0 Å². The van der Waals surface area contributed by atoms with Gasteiger partial charge in [-0.05, 0) is 43.2 Å². The maximum atomic E-state index is 12.9. The molecule has 118 valence electrons. The van der Waals surface area contributed by atoms with Gasteiger partial charge in [0.1, 0.15) is 11.6 Å². The van der Waals surface area contributed by atoms with Gasteiger partial charge in [0.15, 0.2) is 0 Å². The van der Waals surface area contributed by atoms with E-state index in [1.165, 1.54) is 12.1 Å². The molecular weight excluding hydrogens is 283 g/mol. The lowest BCUT2D eigenvalue weighted by Crippen LogP contribution is -2.41. The number of amides is 2. The quantitative estimate of drug-likeness (QED) is 0.886. The number of furan rings is 1. The molecule has 2 rings (SSSR count). The molecule has 0 aliphatic carbocycles. The van der Waals surface area contributed by atoms with Crippen molar-refractivity contribution in [2.24, 2.45) is 0 Å². The summed E-state index contributed by atoms with van der Waals surface area (Å²) in [5.74, 6) is 0.642. The topological polar surface area (TPSA) is 45.5 Å². The number of hydrogen-bond donors (Lipinski definition) is 1. The molecule has 0 spiro atoms. The zero-order valence-corrected chi connectivity index (χ0v) is 12.9. The maximum absolute atomic E-state index is 12.9. The zero-order chi connectivity index (χ0) is 15.9. The molecule has 0 saturated carbocycles. The van der Waals surface area contributed by atoms with Crippen molar-refractivity contribution in [1.29, 1.82) is 0 Å². The van der Waals surface area contributed by atoms with Crippen LogP contribution in [-0.2, 0) is 13.0 Å². The first-order valence-corrected chi connectivity index (χ1v) is 7.33. The molecule has 0 fully saturated rings. The fraction of sp³-hybridized carbons (Fsp3) is 0.353. The SMILES string of the molecule is CC(CCc1ccco1)NC(=O)N(C)Cc1ccc(F)cc1. The number of rotatable bonds is 6. The molecule has 2 amide bonds. The second-order valence-corrected chi connectivity index (χ2v) is 5.45. The van der Waals surface area contributed by atoms with Crippen LogP contribution in [0.25, 0.3) is 0 Å². The van der Waals surface area contributed by atoms with Crippen molar-refractivity contribution in [3.63, 3.8) is 0 Å². The number of benzene rings is 1. The van der Waals surface area contributed by atoms with Crippen molar-refractivity contribution in [2.45, 2.75) is 32.4 Å². The summed E-state index contributed by atoms with van der Waals surface area (Å²) in [6, 6.07) is 9.84. The Balaban J connectivity index is 1.76. The smallest absolute Gasteiger partial charge is 0.317 e. The number of carbonyl (C=O) groups excluding carboxylic acids is 1. The summed E-state index contributed by atoms with van der Waals surface area (Å²) in [5, 5.41) is 2.94. The van der Waals surface area contributed by atoms with Crippen LogP contribution < -0.4 is 5.32 Å². The van der Waals surface area contributed by atoms with Crippen LogP contribution >= 0.6 is 0 Å². The third kappa shape index (κ3) is 4.91. The Morgan fingerprint density at radius 1 is 1.32 bits per heavy atom. The highest BCUT2D eigenvalue weighted by Crippen LogP contribution is 2.08. The first-order chi connectivity index (χ1) is 10.5. The van der Waals surface area contributed by atoms with Gasteiger partial charge in [0.2, 0.25) is 0 Å². The predicted molar refractivity (Wildman–Crippen MR) is 82.9 cm³/mol. The molecule has 0 aliphatic rings. The second-order valence-electron chi connectivity index (χ2n) is 5.45. The minimum Gasteiger partial charge on any atom is -0.469 e. The van der Waals surface area contributed by atoms with Crippen molar-refractivity contribution in [2.75, 3.05) is 7.05 Å². The molecule has 4 nitrogen and oxygen atoms in total. The van der Waals surface area contributed by atoms with E-state index in [-0.39, 0.29) is 17.9 Å². The Morgan fingerprint density at radius 3 is 2.68 bits per heavy atom. The fourth-order valence-corrected chi connectivity index (χ4v) is 2.14. The number of carbonyl (C=O) groups is 1. The Labute approximate surface area is 129 Å². The highest BCUT2D eigenvalue weighted by molar-refractivity contribution is 5.74. The molecule has 0 saturated heterocycles. The molecule has 0 radical (unpaired) electrons. The Bertz CT molecular complexity index is 581. The van der Waals surface area contributed by atoms with Gasteiger partial charge in [-0.15, -0.1) is 0 Å². The molecular formula is C17H21FN2O2. The van der Waals surface area contributed by atoms with E-state index in [0.717, 1.165) is 24.2 Å². The first kappa shape index (κ1) is 16.1. The first-order valence-electron chi connectivity index (χ1n) is 7.33. The van der Waals surface area contributed by atoms with Crippen molar-refractivity contribution >= 4 is 6.03 Å². The fourth-order valence-electron chi connectivity index (χ4n) is 2.14. The molecule has 5 heteroatoms. The highest BCUT2D eigenvalue weighted by Gasteiger charge is 2.12. The minimum atomic E-state index is -0.276. The average Bonchev–Trinajstić information content (AvgIpc) is 3.01. The summed E-state index contributed by atoms with van der Waals surface area (Å²) in [6.45, 7) is 2.41. The van der Waals surface area contributed by atoms with E-state index in [1.54, 1.807) is 30.3 Å². The van der Waals surface area contributed by atoms with Gasteiger partial charge >= 0.3 is 6.03 Å². The van der Waals surface area contributed by atoms with Gasteiger partial charge in [0.05, 0.1) is 6.26 Å². The monoisotopic (exact) mass is 304 g/mol. The Hall–Kier alpha value is -2.30. The molecule has 0 bridgehead atoms. The van der Waals surface area contributed by atoms with Gasteiger partial charge in [-0.25, -0.2) is 9.18 Å². The molecule has 1 unspecified atom stereocenters. The van der Waals surface area contributed by atoms with Gasteiger partial charge < -0.3 is 14.6 Å². The lowest BCUT2D eigenvalue weighted by molar-refractivity contribution is 0.202. The lowest BCUT2D eigenvalue weighted by atomic mass is 10.1. The van der Waals surface area contributed by atoms with Gasteiger partial charge in [0.25, 0.3) is 0 Å². The summed E-state index contributed by atoms with van der Waals surface area (Å²) in [7, 11) is 1.72. The number of nitrogens with zero attached hydrogens (tertiary/aromatic N) is 1. The predicted octanol–water partition coefficient (Wildman–Crippen LogP) is 3.58. The normalized spacial score (nSPS) is 12.0. The van der Waals surface area contributed by atoms with Crippen LogP contribution in [0.5, 0.6) is 0 Å². The van der Waals surface area contributed by atoms with E-state index in [9.17, 15) is 9.18 Å². The highest BCUT2D eigenvalue weighted by atomic mass is 19.1. The van der Waals surface area contributed by atoms with Crippen molar-refractivity contribution in [1.82, 2.24) is 10.2 Å². The molecule has 1 aromatic heterocycles. The second kappa shape index (κ2) is 7.64. The van der Waals surface area contributed by atoms with Gasteiger partial charge in [-0.3, -0.25) is 0 Å². The molecule has 1 atom stereocenters. The maximum Gasteiger partial charge on any atom is 0.317 e. The molecule has 2 aromatic rings. The summed E-state index contributed by atoms with van der Waals surface area (Å²) >= 11 is 0. The number of nitrogens with one attached hydrogen (secondary N) is 1. The Morgan fingerprint density at radius 2 is 2.05 bits per heavy atom. The molecule has 1 aromatic carbocycles. The number of aryl methyl sites for hydroxylation is 1. The summed E-state index contributed by atoms with van der Waals surface area (Å²) in [5.41, 5.74) is 0.891. The zero-order valence-electron chi connectivity index (χ0n) is 12.9. The van der Waals surface area contributed by atoms with Crippen molar-refractivity contribution < 1.29 is 13.6 Å². The van der Waals surface area contributed by atoms with Crippen LogP contribution in [0.4, 0.5) is 9.18 Å². The lowest BCUT2D eigenvalue weighted by Gasteiger charge is -2.21. The van der Waals surface area contributed by atoms with Crippen LogP contribution in [-0.4, -0.2) is 24.0 Å². The van der Waals surface area contributed by atoms with Crippen LogP contribution in [0.1, 0.15) is 24.7 Å². The van der Waals surface area contributed by atoms with Crippen LogP contribution in [0.2, 0.25) is 0 Å². The van der Waals surface area contributed by atoms with E-state index in [4.69, 9.17) is 4.42 Å². The van der Waals surface area contributed by atoms with E-state index in [0.29, 0.717) is 6.54 Å². The average molecular weight is 304 g/mol. The van der Waals surface area contributed by atoms with Gasteiger partial charge in [-0.1, -0.05) is 12.1 Å². The van der Waals surface area contributed by atoms with Crippen LogP contribution in [0, 0.1) is 5.82 Å². The molecule has 22 heavy (non-hydrogen) atoms. The van der Waals surface area contributed by atoms with Crippen molar-refractivity contribution in [3.05, 3.63) is 59.8 Å². The van der Waals surface area contributed by atoms with E-state index >= 15 is 0 Å². The van der Waals surface area contributed by atoms with E-state index in [2.05, 4.69) is 5.32 Å².